The summed E-state index contributed by atoms with van der Waals surface area (Å²) in [6, 6.07) is 0. The molecule has 0 amide bonds. The molecule has 4 fully saturated rings. The minimum Gasteiger partial charge on any atom is -0.395 e. The van der Waals surface area contributed by atoms with E-state index in [9.17, 15) is 24.1 Å². The maximum atomic E-state index is 14.0. The predicted octanol–water partition coefficient (Wildman–Crippen LogP) is 4.24. The Bertz CT molecular complexity index is 576. The third-order valence-corrected chi connectivity index (χ3v) is 9.95. The molecule has 4 rings (SSSR count). The summed E-state index contributed by atoms with van der Waals surface area (Å²) in [6.07, 6.45) is 6.14. The van der Waals surface area contributed by atoms with Crippen LogP contribution in [0.2, 0.25) is 0 Å². The fourth-order valence-corrected chi connectivity index (χ4v) is 8.59. The van der Waals surface area contributed by atoms with Gasteiger partial charge in [0.2, 0.25) is 6.43 Å². The predicted molar refractivity (Wildman–Crippen MR) is 104 cm³/mol. The van der Waals surface area contributed by atoms with Crippen LogP contribution in [0.4, 0.5) is 8.78 Å². The monoisotopic (exact) mass is 400 g/mol. The van der Waals surface area contributed by atoms with Gasteiger partial charge in [-0.25, -0.2) is 8.78 Å². The Kier molecular flexibility index (Phi) is 5.37. The van der Waals surface area contributed by atoms with Gasteiger partial charge in [0.25, 0.3) is 0 Å². The third kappa shape index (κ3) is 2.98. The molecule has 4 aliphatic carbocycles. The van der Waals surface area contributed by atoms with Crippen molar-refractivity contribution in [3.8, 4) is 0 Å². The van der Waals surface area contributed by atoms with Crippen molar-refractivity contribution in [2.24, 2.45) is 46.3 Å². The highest BCUT2D eigenvalue weighted by atomic mass is 19.3. The Labute approximate surface area is 167 Å². The fourth-order valence-electron chi connectivity index (χ4n) is 8.59. The molecule has 0 aromatic rings. The maximum absolute atomic E-state index is 14.0. The van der Waals surface area contributed by atoms with Crippen LogP contribution in [0.3, 0.4) is 0 Å². The van der Waals surface area contributed by atoms with Crippen LogP contribution in [-0.4, -0.2) is 40.6 Å². The van der Waals surface area contributed by atoms with Crippen molar-refractivity contribution in [1.29, 1.82) is 0 Å². The van der Waals surface area contributed by atoms with Gasteiger partial charge in [-0.15, -0.1) is 0 Å². The zero-order valence-corrected chi connectivity index (χ0v) is 17.4. The van der Waals surface area contributed by atoms with Crippen molar-refractivity contribution >= 4 is 0 Å². The first-order valence-electron chi connectivity index (χ1n) is 11.4. The number of hydrogen-bond donors (Lipinski definition) is 3. The smallest absolute Gasteiger partial charge is 0.248 e. The Hall–Kier alpha value is -0.260. The zero-order valence-electron chi connectivity index (χ0n) is 17.4. The average Bonchev–Trinajstić information content (AvgIpc) is 3.00. The molecule has 0 unspecified atom stereocenters. The molecule has 0 radical (unpaired) electrons. The molecule has 28 heavy (non-hydrogen) atoms. The third-order valence-electron chi connectivity index (χ3n) is 9.95. The molecule has 4 aliphatic rings. The molecule has 162 valence electrons. The van der Waals surface area contributed by atoms with Gasteiger partial charge in [0, 0.05) is 0 Å². The van der Waals surface area contributed by atoms with Crippen molar-refractivity contribution in [3.05, 3.63) is 0 Å². The molecule has 3 N–H and O–H groups in total. The van der Waals surface area contributed by atoms with E-state index in [4.69, 9.17) is 0 Å². The van der Waals surface area contributed by atoms with Crippen LogP contribution < -0.4 is 0 Å². The van der Waals surface area contributed by atoms with E-state index >= 15 is 0 Å². The molecule has 0 heterocycles. The lowest BCUT2D eigenvalue weighted by molar-refractivity contribution is -0.159. The molecule has 0 aromatic heterocycles. The van der Waals surface area contributed by atoms with Crippen LogP contribution in [0, 0.1) is 46.3 Å². The van der Waals surface area contributed by atoms with Crippen LogP contribution in [0.25, 0.3) is 0 Å². The SMILES string of the molecule is C[C@@]1(O)CC[C@H]2[C@H](CC[C@@H]3[C@@H]2CC[C@]2(C)[C@@H](C(CO)(CO)C(F)F)CC[C@@H]32)C1. The topological polar surface area (TPSA) is 60.7 Å². The lowest BCUT2D eigenvalue weighted by atomic mass is 9.47. The summed E-state index contributed by atoms with van der Waals surface area (Å²) in [6.45, 7) is 2.87. The number of halogens is 2. The van der Waals surface area contributed by atoms with Crippen molar-refractivity contribution in [2.75, 3.05) is 13.2 Å². The molecular weight excluding hydrogens is 362 g/mol. The summed E-state index contributed by atoms with van der Waals surface area (Å²) in [4.78, 5) is 0. The van der Waals surface area contributed by atoms with E-state index in [0.29, 0.717) is 36.0 Å². The molecular formula is C23H38F2O3. The van der Waals surface area contributed by atoms with Crippen LogP contribution >= 0.6 is 0 Å². The second-order valence-electron chi connectivity index (χ2n) is 11.2. The number of hydrogen-bond acceptors (Lipinski definition) is 3. The summed E-state index contributed by atoms with van der Waals surface area (Å²) in [5, 5.41) is 30.3. The Morgan fingerprint density at radius 1 is 0.893 bits per heavy atom. The standard InChI is InChI=1S/C23H38F2O3/c1-21(28)9-7-15-14(11-21)3-4-17-16(15)8-10-22(2)18(17)5-6-19(22)23(12-26,13-27)20(24)25/h14-20,26-28H,3-13H2,1-2H3/t14-,15+,16-,17-,18+,19+,21-,22+/m1/s1. The number of aliphatic hydroxyl groups excluding tert-OH is 2. The lowest BCUT2D eigenvalue weighted by Gasteiger charge is -2.58. The molecule has 0 saturated heterocycles. The van der Waals surface area contributed by atoms with Gasteiger partial charge in [-0.1, -0.05) is 6.92 Å². The van der Waals surface area contributed by atoms with Crippen molar-refractivity contribution in [1.82, 2.24) is 0 Å². The van der Waals surface area contributed by atoms with E-state index in [2.05, 4.69) is 6.92 Å². The normalized spacial score (nSPS) is 48.9. The van der Waals surface area contributed by atoms with E-state index in [1.165, 1.54) is 0 Å². The molecule has 0 spiro atoms. The van der Waals surface area contributed by atoms with Crippen LogP contribution in [-0.2, 0) is 0 Å². The van der Waals surface area contributed by atoms with Crippen molar-refractivity contribution in [3.63, 3.8) is 0 Å². The average molecular weight is 401 g/mol. The summed E-state index contributed by atoms with van der Waals surface area (Å²) in [7, 11) is 0. The van der Waals surface area contributed by atoms with Gasteiger partial charge in [0.15, 0.2) is 0 Å². The van der Waals surface area contributed by atoms with Gasteiger partial charge in [-0.05, 0) is 106 Å². The highest BCUT2D eigenvalue weighted by molar-refractivity contribution is 5.10. The van der Waals surface area contributed by atoms with Gasteiger partial charge in [0.05, 0.1) is 24.2 Å². The van der Waals surface area contributed by atoms with Crippen molar-refractivity contribution in [2.45, 2.75) is 83.7 Å². The van der Waals surface area contributed by atoms with Gasteiger partial charge in [0.1, 0.15) is 0 Å². The van der Waals surface area contributed by atoms with Gasteiger partial charge >= 0.3 is 0 Å². The van der Waals surface area contributed by atoms with Crippen LogP contribution in [0.5, 0.6) is 0 Å². The summed E-state index contributed by atoms with van der Waals surface area (Å²) >= 11 is 0. The molecule has 0 aromatic carbocycles. The number of rotatable bonds is 4. The first-order valence-corrected chi connectivity index (χ1v) is 11.4. The Balaban J connectivity index is 1.57. The van der Waals surface area contributed by atoms with Crippen molar-refractivity contribution < 1.29 is 24.1 Å². The maximum Gasteiger partial charge on any atom is 0.248 e. The van der Waals surface area contributed by atoms with E-state index in [0.717, 1.165) is 51.4 Å². The second kappa shape index (κ2) is 7.16. The molecule has 5 heteroatoms. The second-order valence-corrected chi connectivity index (χ2v) is 11.2. The van der Waals surface area contributed by atoms with Gasteiger partial charge in [-0.3, -0.25) is 0 Å². The molecule has 4 saturated carbocycles. The quantitative estimate of drug-likeness (QED) is 0.661. The van der Waals surface area contributed by atoms with E-state index < -0.39 is 30.7 Å². The minimum absolute atomic E-state index is 0.212. The number of aliphatic hydroxyl groups is 3. The molecule has 0 bridgehead atoms. The Morgan fingerprint density at radius 3 is 2.21 bits per heavy atom. The van der Waals surface area contributed by atoms with E-state index in [1.807, 2.05) is 6.92 Å². The first-order chi connectivity index (χ1) is 13.2. The van der Waals surface area contributed by atoms with E-state index in [1.54, 1.807) is 0 Å². The number of alkyl halides is 2. The Morgan fingerprint density at radius 2 is 1.57 bits per heavy atom. The zero-order chi connectivity index (χ0) is 20.3. The minimum atomic E-state index is -2.70. The molecule has 0 aliphatic heterocycles. The van der Waals surface area contributed by atoms with Crippen LogP contribution in [0.15, 0.2) is 0 Å². The van der Waals surface area contributed by atoms with Gasteiger partial charge in [-0.2, -0.15) is 0 Å². The van der Waals surface area contributed by atoms with Gasteiger partial charge < -0.3 is 15.3 Å². The molecule has 3 nitrogen and oxygen atoms in total. The largest absolute Gasteiger partial charge is 0.395 e. The highest BCUT2D eigenvalue weighted by Gasteiger charge is 2.63. The first kappa shape index (κ1) is 21.0. The summed E-state index contributed by atoms with van der Waals surface area (Å²) in [5.74, 6) is 2.65. The van der Waals surface area contributed by atoms with Crippen LogP contribution in [0.1, 0.15) is 71.6 Å². The number of fused-ring (bicyclic) bond motifs is 5. The fraction of sp³-hybridized carbons (Fsp3) is 1.00. The van der Waals surface area contributed by atoms with E-state index in [-0.39, 0.29) is 11.3 Å². The molecule has 8 atom stereocenters. The summed E-state index contributed by atoms with van der Waals surface area (Å²) < 4.78 is 28.0. The lowest BCUT2D eigenvalue weighted by Crippen LogP contribution is -2.54. The summed E-state index contributed by atoms with van der Waals surface area (Å²) in [5.41, 5.74) is -2.40. The highest BCUT2D eigenvalue weighted by Crippen LogP contribution is 2.67.